The summed E-state index contributed by atoms with van der Waals surface area (Å²) < 4.78 is 15.9. The van der Waals surface area contributed by atoms with Crippen molar-refractivity contribution in [1.29, 1.82) is 0 Å². The van der Waals surface area contributed by atoms with E-state index >= 15 is 0 Å². The lowest BCUT2D eigenvalue weighted by molar-refractivity contribution is 0.102. The standard InChI is InChI=1S/C17H13ClN2O2S2/c18-13-9-7-12(8-10-13)17(21)19-14-4-1-2-5-15(14)20-24(22)16-6-3-11-23-16/h1-11,20H,(H,19,21). The highest BCUT2D eigenvalue weighted by molar-refractivity contribution is 7.88. The molecule has 0 bridgehead atoms. The Labute approximate surface area is 151 Å². The molecule has 1 amide bonds. The lowest BCUT2D eigenvalue weighted by atomic mass is 10.2. The van der Waals surface area contributed by atoms with Crippen molar-refractivity contribution in [2.45, 2.75) is 4.21 Å². The zero-order valence-electron chi connectivity index (χ0n) is 12.4. The first kappa shape index (κ1) is 16.7. The molecular formula is C17H13ClN2O2S2. The molecular weight excluding hydrogens is 364 g/mol. The number of carbonyl (C=O) groups excluding carboxylic acids is 1. The van der Waals surface area contributed by atoms with Crippen LogP contribution in [-0.2, 0) is 11.0 Å². The Morgan fingerprint density at radius 2 is 1.67 bits per heavy atom. The minimum Gasteiger partial charge on any atom is -0.320 e. The molecule has 0 saturated carbocycles. The van der Waals surface area contributed by atoms with Crippen LogP contribution < -0.4 is 10.0 Å². The summed E-state index contributed by atoms with van der Waals surface area (Å²) in [6.07, 6.45) is 0. The first-order chi connectivity index (χ1) is 11.6. The second-order valence-electron chi connectivity index (χ2n) is 4.81. The van der Waals surface area contributed by atoms with Gasteiger partial charge in [0.15, 0.2) is 11.0 Å². The fraction of sp³-hybridized carbons (Fsp3) is 0. The van der Waals surface area contributed by atoms with E-state index in [4.69, 9.17) is 11.6 Å². The minimum absolute atomic E-state index is 0.261. The van der Waals surface area contributed by atoms with Gasteiger partial charge in [-0.25, -0.2) is 4.21 Å². The van der Waals surface area contributed by atoms with Crippen LogP contribution in [0.5, 0.6) is 0 Å². The number of rotatable bonds is 5. The lowest BCUT2D eigenvalue weighted by Gasteiger charge is -2.12. The topological polar surface area (TPSA) is 58.2 Å². The minimum atomic E-state index is -1.38. The van der Waals surface area contributed by atoms with Crippen molar-refractivity contribution < 1.29 is 9.00 Å². The van der Waals surface area contributed by atoms with Gasteiger partial charge in [0.1, 0.15) is 4.21 Å². The van der Waals surface area contributed by atoms with Crippen LogP contribution in [-0.4, -0.2) is 10.1 Å². The highest BCUT2D eigenvalue weighted by Crippen LogP contribution is 2.25. The Morgan fingerprint density at radius 3 is 2.33 bits per heavy atom. The Kier molecular flexibility index (Phi) is 5.30. The van der Waals surface area contributed by atoms with Crippen LogP contribution in [0, 0.1) is 0 Å². The molecule has 0 fully saturated rings. The molecule has 7 heteroatoms. The van der Waals surface area contributed by atoms with E-state index in [0.29, 0.717) is 26.2 Å². The number of amides is 1. The summed E-state index contributed by atoms with van der Waals surface area (Å²) >= 11 is 7.24. The molecule has 2 aromatic carbocycles. The summed E-state index contributed by atoms with van der Waals surface area (Å²) in [6, 6.07) is 17.4. The number of nitrogens with one attached hydrogen (secondary N) is 2. The van der Waals surface area contributed by atoms with Gasteiger partial charge in [0, 0.05) is 10.6 Å². The van der Waals surface area contributed by atoms with Crippen LogP contribution >= 0.6 is 22.9 Å². The van der Waals surface area contributed by atoms with Gasteiger partial charge in [0.2, 0.25) is 0 Å². The number of hydrogen-bond donors (Lipinski definition) is 2. The van der Waals surface area contributed by atoms with Gasteiger partial charge < -0.3 is 5.32 Å². The zero-order valence-corrected chi connectivity index (χ0v) is 14.8. The van der Waals surface area contributed by atoms with Gasteiger partial charge in [-0.05, 0) is 47.8 Å². The monoisotopic (exact) mass is 376 g/mol. The van der Waals surface area contributed by atoms with E-state index in [-0.39, 0.29) is 5.91 Å². The molecule has 122 valence electrons. The molecule has 0 aliphatic rings. The van der Waals surface area contributed by atoms with Crippen molar-refractivity contribution in [3.8, 4) is 0 Å². The summed E-state index contributed by atoms with van der Waals surface area (Å²) in [6.45, 7) is 0. The van der Waals surface area contributed by atoms with Crippen molar-refractivity contribution in [3.05, 3.63) is 76.6 Å². The molecule has 0 saturated heterocycles. The predicted octanol–water partition coefficient (Wildman–Crippen LogP) is 4.79. The van der Waals surface area contributed by atoms with Crippen molar-refractivity contribution in [1.82, 2.24) is 0 Å². The van der Waals surface area contributed by atoms with Gasteiger partial charge >= 0.3 is 0 Å². The van der Waals surface area contributed by atoms with Gasteiger partial charge in [-0.3, -0.25) is 9.52 Å². The molecule has 0 radical (unpaired) electrons. The molecule has 1 unspecified atom stereocenters. The van der Waals surface area contributed by atoms with Crippen LogP contribution in [0.2, 0.25) is 5.02 Å². The molecule has 1 atom stereocenters. The second kappa shape index (κ2) is 7.61. The maximum Gasteiger partial charge on any atom is 0.255 e. The molecule has 1 aromatic heterocycles. The number of anilines is 2. The third-order valence-electron chi connectivity index (χ3n) is 3.16. The first-order valence-electron chi connectivity index (χ1n) is 7.01. The van der Waals surface area contributed by atoms with E-state index in [1.165, 1.54) is 11.3 Å². The summed E-state index contributed by atoms with van der Waals surface area (Å²) in [4.78, 5) is 12.3. The molecule has 3 aromatic rings. The molecule has 0 aliphatic heterocycles. The van der Waals surface area contributed by atoms with Crippen molar-refractivity contribution >= 4 is 51.2 Å². The maximum absolute atomic E-state index is 12.3. The number of thiophene rings is 1. The summed E-state index contributed by atoms with van der Waals surface area (Å²) in [5, 5.41) is 5.25. The van der Waals surface area contributed by atoms with E-state index in [1.54, 1.807) is 48.5 Å². The Bertz CT molecular complexity index is 865. The zero-order chi connectivity index (χ0) is 16.9. The van der Waals surface area contributed by atoms with Gasteiger partial charge in [-0.2, -0.15) is 0 Å². The van der Waals surface area contributed by atoms with Crippen LogP contribution in [0.25, 0.3) is 0 Å². The number of halogens is 1. The third-order valence-corrected chi connectivity index (χ3v) is 5.73. The highest BCUT2D eigenvalue weighted by Gasteiger charge is 2.11. The van der Waals surface area contributed by atoms with Gasteiger partial charge in [-0.1, -0.05) is 29.8 Å². The molecule has 24 heavy (non-hydrogen) atoms. The van der Waals surface area contributed by atoms with E-state index in [9.17, 15) is 9.00 Å². The quantitative estimate of drug-likeness (QED) is 0.672. The predicted molar refractivity (Wildman–Crippen MR) is 100 cm³/mol. The van der Waals surface area contributed by atoms with E-state index in [0.717, 1.165) is 0 Å². The molecule has 2 N–H and O–H groups in total. The van der Waals surface area contributed by atoms with Crippen molar-refractivity contribution in [2.24, 2.45) is 0 Å². The van der Waals surface area contributed by atoms with E-state index < -0.39 is 11.0 Å². The van der Waals surface area contributed by atoms with Crippen LogP contribution in [0.1, 0.15) is 10.4 Å². The van der Waals surface area contributed by atoms with Crippen LogP contribution in [0.3, 0.4) is 0 Å². The van der Waals surface area contributed by atoms with Crippen LogP contribution in [0.15, 0.2) is 70.3 Å². The number of carbonyl (C=O) groups is 1. The van der Waals surface area contributed by atoms with Crippen LogP contribution in [0.4, 0.5) is 11.4 Å². The average Bonchev–Trinajstić information content (AvgIpc) is 3.12. The molecule has 0 spiro atoms. The molecule has 3 rings (SSSR count). The fourth-order valence-electron chi connectivity index (χ4n) is 2.00. The number of hydrogen-bond acceptors (Lipinski definition) is 3. The third kappa shape index (κ3) is 4.03. The van der Waals surface area contributed by atoms with E-state index in [1.807, 2.05) is 17.5 Å². The molecule has 4 nitrogen and oxygen atoms in total. The van der Waals surface area contributed by atoms with Gasteiger partial charge in [-0.15, -0.1) is 11.3 Å². The normalized spacial score (nSPS) is 11.7. The Morgan fingerprint density at radius 1 is 0.958 bits per heavy atom. The van der Waals surface area contributed by atoms with Crippen molar-refractivity contribution in [3.63, 3.8) is 0 Å². The Balaban J connectivity index is 1.77. The average molecular weight is 377 g/mol. The van der Waals surface area contributed by atoms with Crippen molar-refractivity contribution in [2.75, 3.05) is 10.0 Å². The van der Waals surface area contributed by atoms with Gasteiger partial charge in [0.05, 0.1) is 11.4 Å². The molecule has 0 aliphatic carbocycles. The smallest absolute Gasteiger partial charge is 0.255 e. The summed E-state index contributed by atoms with van der Waals surface area (Å²) in [7, 11) is -1.38. The SMILES string of the molecule is O=C(Nc1ccccc1NS(=O)c1cccs1)c1ccc(Cl)cc1. The molecule has 1 heterocycles. The van der Waals surface area contributed by atoms with Gasteiger partial charge in [0.25, 0.3) is 5.91 Å². The second-order valence-corrected chi connectivity index (χ2v) is 7.63. The maximum atomic E-state index is 12.3. The highest BCUT2D eigenvalue weighted by atomic mass is 35.5. The number of benzene rings is 2. The fourth-order valence-corrected chi connectivity index (χ4v) is 3.89. The lowest BCUT2D eigenvalue weighted by Crippen LogP contribution is -2.14. The summed E-state index contributed by atoms with van der Waals surface area (Å²) in [5.74, 6) is -0.261. The first-order valence-corrected chi connectivity index (χ1v) is 9.42. The largest absolute Gasteiger partial charge is 0.320 e. The van der Waals surface area contributed by atoms with E-state index in [2.05, 4.69) is 10.0 Å². The Hall–Kier alpha value is -2.15. The number of para-hydroxylation sites is 2. The summed E-state index contributed by atoms with van der Waals surface area (Å²) in [5.41, 5.74) is 1.64.